The third-order valence-corrected chi connectivity index (χ3v) is 6.72. The lowest BCUT2D eigenvalue weighted by Crippen LogP contribution is -2.40. The molecule has 35 heavy (non-hydrogen) atoms. The molecule has 1 aliphatic rings. The Bertz CT molecular complexity index is 1450. The van der Waals surface area contributed by atoms with Crippen LogP contribution in [0, 0.1) is 0 Å². The van der Waals surface area contributed by atoms with Gasteiger partial charge >= 0.3 is 5.97 Å². The molecule has 7 nitrogen and oxygen atoms in total. The minimum absolute atomic E-state index is 0.212. The minimum atomic E-state index is -0.702. The second-order valence-electron chi connectivity index (χ2n) is 8.26. The number of carbonyl (C=O) groups is 1. The number of allylic oxidation sites excluding steroid dienone is 1. The van der Waals surface area contributed by atoms with Gasteiger partial charge in [0.25, 0.3) is 5.56 Å². The first-order chi connectivity index (χ1) is 16.8. The largest absolute Gasteiger partial charge is 0.494 e. The van der Waals surface area contributed by atoms with Crippen molar-refractivity contribution >= 4 is 29.1 Å². The fourth-order valence-corrected chi connectivity index (χ4v) is 5.15. The van der Waals surface area contributed by atoms with Gasteiger partial charge in [0.15, 0.2) is 4.80 Å². The van der Waals surface area contributed by atoms with E-state index in [0.717, 1.165) is 16.8 Å². The van der Waals surface area contributed by atoms with E-state index < -0.39 is 12.0 Å². The molecule has 1 aromatic heterocycles. The van der Waals surface area contributed by atoms with Gasteiger partial charge in [-0.25, -0.2) is 9.79 Å². The molecule has 0 saturated carbocycles. The number of rotatable bonds is 7. The summed E-state index contributed by atoms with van der Waals surface area (Å²) in [7, 11) is 3.97. The van der Waals surface area contributed by atoms with Crippen molar-refractivity contribution in [3.8, 4) is 5.75 Å². The molecule has 0 N–H and O–H groups in total. The first kappa shape index (κ1) is 24.5. The summed E-state index contributed by atoms with van der Waals surface area (Å²) in [5.74, 6) is 0.129. The summed E-state index contributed by atoms with van der Waals surface area (Å²) in [5.41, 5.74) is 3.36. The average molecular weight is 492 g/mol. The lowest BCUT2D eigenvalue weighted by Gasteiger charge is -2.26. The maximum absolute atomic E-state index is 13.7. The SMILES string of the molecule is CCOC(=O)C1=C(C)N=c2sc(=Cc3ccc(N(C)C)cc3)c(=O)n2[C@H]1c1ccccc1OCC. The summed E-state index contributed by atoms with van der Waals surface area (Å²) >= 11 is 1.31. The number of para-hydroxylation sites is 1. The van der Waals surface area contributed by atoms with Gasteiger partial charge in [-0.05, 0) is 50.6 Å². The van der Waals surface area contributed by atoms with Gasteiger partial charge in [0.1, 0.15) is 11.8 Å². The van der Waals surface area contributed by atoms with E-state index in [1.165, 1.54) is 11.3 Å². The van der Waals surface area contributed by atoms with Crippen LogP contribution in [0.3, 0.4) is 0 Å². The quantitative estimate of drug-likeness (QED) is 0.475. The normalized spacial score (nSPS) is 15.5. The fraction of sp³-hybridized carbons (Fsp3) is 0.296. The van der Waals surface area contributed by atoms with Crippen LogP contribution in [-0.4, -0.2) is 37.8 Å². The van der Waals surface area contributed by atoms with E-state index in [4.69, 9.17) is 9.47 Å². The van der Waals surface area contributed by atoms with E-state index in [1.54, 1.807) is 18.4 Å². The Hall–Kier alpha value is -3.65. The van der Waals surface area contributed by atoms with Crippen LogP contribution in [0.25, 0.3) is 6.08 Å². The predicted octanol–water partition coefficient (Wildman–Crippen LogP) is 3.26. The van der Waals surface area contributed by atoms with Crippen LogP contribution in [0.1, 0.15) is 37.9 Å². The van der Waals surface area contributed by atoms with Crippen LogP contribution in [-0.2, 0) is 9.53 Å². The second kappa shape index (κ2) is 10.3. The molecule has 1 atom stereocenters. The van der Waals surface area contributed by atoms with Crippen molar-refractivity contribution in [2.45, 2.75) is 26.8 Å². The Morgan fingerprint density at radius 2 is 1.83 bits per heavy atom. The monoisotopic (exact) mass is 491 g/mol. The van der Waals surface area contributed by atoms with Gasteiger partial charge in [-0.1, -0.05) is 41.7 Å². The Morgan fingerprint density at radius 1 is 1.11 bits per heavy atom. The second-order valence-corrected chi connectivity index (χ2v) is 9.27. The number of hydrogen-bond donors (Lipinski definition) is 0. The summed E-state index contributed by atoms with van der Waals surface area (Å²) in [6.07, 6.45) is 1.86. The van der Waals surface area contributed by atoms with Gasteiger partial charge in [-0.15, -0.1) is 0 Å². The number of hydrogen-bond acceptors (Lipinski definition) is 7. The molecule has 0 bridgehead atoms. The molecule has 0 radical (unpaired) electrons. The maximum atomic E-state index is 13.7. The highest BCUT2D eigenvalue weighted by Gasteiger charge is 2.35. The molecule has 0 saturated heterocycles. The zero-order valence-electron chi connectivity index (χ0n) is 20.6. The molecule has 0 aliphatic carbocycles. The van der Waals surface area contributed by atoms with E-state index in [0.29, 0.717) is 33.0 Å². The lowest BCUT2D eigenvalue weighted by molar-refractivity contribution is -0.139. The molecule has 182 valence electrons. The van der Waals surface area contributed by atoms with Crippen molar-refractivity contribution in [3.63, 3.8) is 0 Å². The Labute approximate surface area is 208 Å². The maximum Gasteiger partial charge on any atom is 0.338 e. The summed E-state index contributed by atoms with van der Waals surface area (Å²) in [4.78, 5) is 34.0. The number of nitrogens with zero attached hydrogens (tertiary/aromatic N) is 3. The van der Waals surface area contributed by atoms with Gasteiger partial charge in [0.05, 0.1) is 29.0 Å². The summed E-state index contributed by atoms with van der Waals surface area (Å²) in [5, 5.41) is 0. The van der Waals surface area contributed by atoms with Crippen LogP contribution in [0.2, 0.25) is 0 Å². The summed E-state index contributed by atoms with van der Waals surface area (Å²) in [6.45, 7) is 6.12. The van der Waals surface area contributed by atoms with Crippen LogP contribution < -0.4 is 24.5 Å². The zero-order chi connectivity index (χ0) is 25.1. The number of ether oxygens (including phenoxy) is 2. The van der Waals surface area contributed by atoms with Crippen molar-refractivity contribution in [1.29, 1.82) is 0 Å². The molecule has 1 aliphatic heterocycles. The van der Waals surface area contributed by atoms with Crippen molar-refractivity contribution < 1.29 is 14.3 Å². The number of benzene rings is 2. The molecular formula is C27H29N3O4S. The number of carbonyl (C=O) groups excluding carboxylic acids is 1. The number of aromatic nitrogens is 1. The molecular weight excluding hydrogens is 462 g/mol. The topological polar surface area (TPSA) is 73.1 Å². The third-order valence-electron chi connectivity index (χ3n) is 5.74. The summed E-state index contributed by atoms with van der Waals surface area (Å²) < 4.78 is 13.4. The van der Waals surface area contributed by atoms with E-state index in [9.17, 15) is 9.59 Å². The number of fused-ring (bicyclic) bond motifs is 1. The highest BCUT2D eigenvalue weighted by Crippen LogP contribution is 2.35. The highest BCUT2D eigenvalue weighted by atomic mass is 32.1. The highest BCUT2D eigenvalue weighted by molar-refractivity contribution is 7.07. The van der Waals surface area contributed by atoms with E-state index in [-0.39, 0.29) is 12.2 Å². The smallest absolute Gasteiger partial charge is 0.338 e. The van der Waals surface area contributed by atoms with Crippen molar-refractivity contribution in [2.24, 2.45) is 4.99 Å². The Balaban J connectivity index is 1.93. The van der Waals surface area contributed by atoms with Gasteiger partial charge < -0.3 is 14.4 Å². The fourth-order valence-electron chi connectivity index (χ4n) is 4.10. The minimum Gasteiger partial charge on any atom is -0.494 e. The molecule has 0 fully saturated rings. The van der Waals surface area contributed by atoms with Crippen LogP contribution >= 0.6 is 11.3 Å². The first-order valence-electron chi connectivity index (χ1n) is 11.5. The first-order valence-corrected chi connectivity index (χ1v) is 12.4. The van der Waals surface area contributed by atoms with Gasteiger partial charge in [0.2, 0.25) is 0 Å². The molecule has 0 amide bonds. The van der Waals surface area contributed by atoms with Crippen LogP contribution in [0.15, 0.2) is 69.6 Å². The van der Waals surface area contributed by atoms with Crippen molar-refractivity contribution in [2.75, 3.05) is 32.2 Å². The molecule has 3 aromatic rings. The average Bonchev–Trinajstić information content (AvgIpc) is 3.13. The zero-order valence-corrected chi connectivity index (χ0v) is 21.4. The molecule has 0 unspecified atom stereocenters. The number of esters is 1. The molecule has 0 spiro atoms. The lowest BCUT2D eigenvalue weighted by atomic mass is 9.95. The Kier molecular flexibility index (Phi) is 7.21. The standard InChI is InChI=1S/C27H29N3O4S/c1-6-33-21-11-9-8-10-20(21)24-23(26(32)34-7-2)17(3)28-27-30(24)25(31)22(35-27)16-18-12-14-19(15-13-18)29(4)5/h8-16,24H,6-7H2,1-5H3/t24-/m0/s1. The van der Waals surface area contributed by atoms with Gasteiger partial charge in [-0.2, -0.15) is 0 Å². The van der Waals surface area contributed by atoms with Crippen LogP contribution in [0.4, 0.5) is 5.69 Å². The number of thiazole rings is 1. The molecule has 2 aromatic carbocycles. The van der Waals surface area contributed by atoms with E-state index in [1.807, 2.05) is 80.5 Å². The van der Waals surface area contributed by atoms with Crippen molar-refractivity contribution in [3.05, 3.63) is 90.6 Å². The predicted molar refractivity (Wildman–Crippen MR) is 139 cm³/mol. The van der Waals surface area contributed by atoms with Gasteiger partial charge in [-0.3, -0.25) is 9.36 Å². The van der Waals surface area contributed by atoms with Crippen LogP contribution in [0.5, 0.6) is 5.75 Å². The molecule has 2 heterocycles. The van der Waals surface area contributed by atoms with Gasteiger partial charge in [0, 0.05) is 25.3 Å². The molecule has 4 rings (SSSR count). The molecule has 8 heteroatoms. The summed E-state index contributed by atoms with van der Waals surface area (Å²) in [6, 6.07) is 14.7. The van der Waals surface area contributed by atoms with E-state index >= 15 is 0 Å². The number of anilines is 1. The van der Waals surface area contributed by atoms with Crippen molar-refractivity contribution in [1.82, 2.24) is 4.57 Å². The third kappa shape index (κ3) is 4.79. The Morgan fingerprint density at radius 3 is 2.49 bits per heavy atom. The van der Waals surface area contributed by atoms with E-state index in [2.05, 4.69) is 4.99 Å².